The summed E-state index contributed by atoms with van der Waals surface area (Å²) in [6.45, 7) is 0.498. The molecule has 1 aliphatic rings. The molecule has 0 radical (unpaired) electrons. The number of anilines is 2. The van der Waals surface area contributed by atoms with E-state index in [-0.39, 0.29) is 24.0 Å². The number of ether oxygens (including phenoxy) is 2. The van der Waals surface area contributed by atoms with Gasteiger partial charge in [-0.25, -0.2) is 18.7 Å². The molecule has 1 saturated heterocycles. The van der Waals surface area contributed by atoms with E-state index >= 15 is 0 Å². The number of nitrogens with one attached hydrogen (secondary N) is 2. The second-order valence-corrected chi connectivity index (χ2v) is 7.58. The lowest BCUT2D eigenvalue weighted by Crippen LogP contribution is -2.46. The summed E-state index contributed by atoms with van der Waals surface area (Å²) in [5, 5.41) is 14.9. The highest BCUT2D eigenvalue weighted by molar-refractivity contribution is 6.31. The largest absolute Gasteiger partial charge is 0.493 e. The average molecular weight is 465 g/mol. The standard InChI is InChI=1S/C21H19ClF2N4O4/c1-31-16-8-14-11(7-17(16)32-10-4-5-25-15(6-10)21(29)30)20(27-9-26-14)28-13-3-2-12(23)18(22)19(13)24/h2-3,7-10,15,25H,4-6H2,1H3,(H,29,30)(H,26,27,28). The van der Waals surface area contributed by atoms with Gasteiger partial charge < -0.3 is 25.2 Å². The predicted molar refractivity (Wildman–Crippen MR) is 114 cm³/mol. The van der Waals surface area contributed by atoms with Crippen molar-refractivity contribution in [2.45, 2.75) is 25.0 Å². The molecule has 1 aliphatic heterocycles. The van der Waals surface area contributed by atoms with Crippen molar-refractivity contribution in [3.05, 3.63) is 47.2 Å². The number of hydrogen-bond donors (Lipinski definition) is 3. The first kappa shape index (κ1) is 22.0. The van der Waals surface area contributed by atoms with E-state index < -0.39 is 28.7 Å². The minimum absolute atomic E-state index is 0.0580. The van der Waals surface area contributed by atoms with E-state index in [0.29, 0.717) is 35.4 Å². The minimum Gasteiger partial charge on any atom is -0.493 e. The van der Waals surface area contributed by atoms with Crippen LogP contribution in [0.15, 0.2) is 30.6 Å². The molecule has 2 atom stereocenters. The number of carboxylic acid groups (broad SMARTS) is 1. The van der Waals surface area contributed by atoms with Gasteiger partial charge in [-0.3, -0.25) is 4.79 Å². The van der Waals surface area contributed by atoms with E-state index in [1.54, 1.807) is 12.1 Å². The van der Waals surface area contributed by atoms with Gasteiger partial charge in [-0.05, 0) is 31.2 Å². The van der Waals surface area contributed by atoms with Gasteiger partial charge >= 0.3 is 5.97 Å². The zero-order valence-corrected chi connectivity index (χ0v) is 17.6. The lowest BCUT2D eigenvalue weighted by Gasteiger charge is -2.29. The molecule has 3 aromatic rings. The summed E-state index contributed by atoms with van der Waals surface area (Å²) in [5.41, 5.74) is 0.436. The van der Waals surface area contributed by atoms with Crippen molar-refractivity contribution in [2.24, 2.45) is 0 Å². The third-order valence-corrected chi connectivity index (χ3v) is 5.50. The number of methoxy groups -OCH3 is 1. The maximum absolute atomic E-state index is 14.4. The number of carboxylic acids is 1. The number of benzene rings is 2. The van der Waals surface area contributed by atoms with Crippen LogP contribution in [0.5, 0.6) is 11.5 Å². The van der Waals surface area contributed by atoms with Crippen molar-refractivity contribution in [1.82, 2.24) is 15.3 Å². The highest BCUT2D eigenvalue weighted by Crippen LogP contribution is 2.37. The summed E-state index contributed by atoms with van der Waals surface area (Å²) in [7, 11) is 1.48. The number of aliphatic carboxylic acids is 1. The van der Waals surface area contributed by atoms with Gasteiger partial charge in [0.2, 0.25) is 0 Å². The van der Waals surface area contributed by atoms with Crippen LogP contribution in [0.3, 0.4) is 0 Å². The van der Waals surface area contributed by atoms with E-state index in [1.807, 2.05) is 0 Å². The van der Waals surface area contributed by atoms with Crippen LogP contribution >= 0.6 is 11.6 Å². The molecule has 2 aromatic carbocycles. The molecular formula is C21H19ClF2N4O4. The van der Waals surface area contributed by atoms with Gasteiger partial charge in [-0.15, -0.1) is 0 Å². The number of halogens is 3. The first-order chi connectivity index (χ1) is 15.4. The van der Waals surface area contributed by atoms with Gasteiger partial charge in [0.05, 0.1) is 18.3 Å². The lowest BCUT2D eigenvalue weighted by molar-refractivity contribution is -0.140. The first-order valence-electron chi connectivity index (χ1n) is 9.73. The Morgan fingerprint density at radius 2 is 2.09 bits per heavy atom. The van der Waals surface area contributed by atoms with Crippen LogP contribution in [0, 0.1) is 11.6 Å². The summed E-state index contributed by atoms with van der Waals surface area (Å²) in [6, 6.07) is 4.84. The van der Waals surface area contributed by atoms with Crippen LogP contribution in [0.4, 0.5) is 20.3 Å². The molecule has 8 nitrogen and oxygen atoms in total. The lowest BCUT2D eigenvalue weighted by atomic mass is 10.0. The maximum Gasteiger partial charge on any atom is 0.320 e. The number of rotatable bonds is 6. The van der Waals surface area contributed by atoms with Crippen molar-refractivity contribution in [1.29, 1.82) is 0 Å². The first-order valence-corrected chi connectivity index (χ1v) is 10.1. The summed E-state index contributed by atoms with van der Waals surface area (Å²) in [4.78, 5) is 19.7. The smallest absolute Gasteiger partial charge is 0.320 e. The average Bonchev–Trinajstić information content (AvgIpc) is 2.79. The Hall–Kier alpha value is -3.24. The number of nitrogens with zero attached hydrogens (tertiary/aromatic N) is 2. The fraction of sp³-hybridized carbons (Fsp3) is 0.286. The molecule has 3 N–H and O–H groups in total. The molecule has 2 unspecified atom stereocenters. The zero-order chi connectivity index (χ0) is 22.8. The Kier molecular flexibility index (Phi) is 6.24. The molecule has 0 amide bonds. The van der Waals surface area contributed by atoms with Crippen molar-refractivity contribution in [3.8, 4) is 11.5 Å². The molecule has 1 fully saturated rings. The van der Waals surface area contributed by atoms with E-state index in [2.05, 4.69) is 20.6 Å². The normalized spacial score (nSPS) is 18.4. The Morgan fingerprint density at radius 3 is 2.84 bits per heavy atom. The Morgan fingerprint density at radius 1 is 1.28 bits per heavy atom. The molecule has 4 rings (SSSR count). The predicted octanol–water partition coefficient (Wildman–Crippen LogP) is 3.90. The SMILES string of the molecule is COc1cc2ncnc(Nc3ccc(F)c(Cl)c3F)c2cc1OC1CCNC(C(=O)O)C1. The molecule has 0 spiro atoms. The Balaban J connectivity index is 1.69. The molecule has 168 valence electrons. The van der Waals surface area contributed by atoms with Gasteiger partial charge in [0.1, 0.15) is 35.1 Å². The Labute approximate surface area is 186 Å². The van der Waals surface area contributed by atoms with Crippen molar-refractivity contribution in [2.75, 3.05) is 19.0 Å². The topological polar surface area (TPSA) is 106 Å². The summed E-state index contributed by atoms with van der Waals surface area (Å²) < 4.78 is 39.4. The number of carbonyl (C=O) groups is 1. The van der Waals surface area contributed by atoms with Crippen LogP contribution in [0.1, 0.15) is 12.8 Å². The van der Waals surface area contributed by atoms with Crippen molar-refractivity contribution < 1.29 is 28.2 Å². The molecule has 0 aliphatic carbocycles. The van der Waals surface area contributed by atoms with Gasteiger partial charge in [0.25, 0.3) is 0 Å². The second kappa shape index (κ2) is 9.09. The number of piperidine rings is 1. The van der Waals surface area contributed by atoms with Gasteiger partial charge in [-0.2, -0.15) is 0 Å². The zero-order valence-electron chi connectivity index (χ0n) is 16.9. The summed E-state index contributed by atoms with van der Waals surface area (Å²) in [6.07, 6.45) is 1.84. The van der Waals surface area contributed by atoms with Crippen LogP contribution in [-0.2, 0) is 4.79 Å². The van der Waals surface area contributed by atoms with E-state index in [1.165, 1.54) is 19.5 Å². The Bertz CT molecular complexity index is 1180. The molecular weight excluding hydrogens is 446 g/mol. The molecule has 1 aromatic heterocycles. The quantitative estimate of drug-likeness (QED) is 0.472. The minimum atomic E-state index is -0.946. The van der Waals surface area contributed by atoms with Crippen LogP contribution in [-0.4, -0.2) is 46.8 Å². The highest BCUT2D eigenvalue weighted by atomic mass is 35.5. The third kappa shape index (κ3) is 4.37. The van der Waals surface area contributed by atoms with Crippen LogP contribution < -0.4 is 20.1 Å². The van der Waals surface area contributed by atoms with E-state index in [0.717, 1.165) is 6.07 Å². The summed E-state index contributed by atoms with van der Waals surface area (Å²) in [5.74, 6) is -1.74. The molecule has 2 heterocycles. The number of fused-ring (bicyclic) bond motifs is 1. The highest BCUT2D eigenvalue weighted by Gasteiger charge is 2.28. The van der Waals surface area contributed by atoms with Gasteiger partial charge in [0, 0.05) is 17.9 Å². The third-order valence-electron chi connectivity index (χ3n) is 5.16. The fourth-order valence-corrected chi connectivity index (χ4v) is 3.69. The number of hydrogen-bond acceptors (Lipinski definition) is 7. The van der Waals surface area contributed by atoms with E-state index in [4.69, 9.17) is 21.1 Å². The molecule has 0 saturated carbocycles. The molecule has 32 heavy (non-hydrogen) atoms. The summed E-state index contributed by atoms with van der Waals surface area (Å²) >= 11 is 5.67. The fourth-order valence-electron chi connectivity index (χ4n) is 3.52. The van der Waals surface area contributed by atoms with Gasteiger partial charge in [0.15, 0.2) is 17.3 Å². The maximum atomic E-state index is 14.4. The second-order valence-electron chi connectivity index (χ2n) is 7.20. The number of aromatic nitrogens is 2. The van der Waals surface area contributed by atoms with E-state index in [9.17, 15) is 18.7 Å². The molecule has 11 heteroatoms. The molecule has 0 bridgehead atoms. The van der Waals surface area contributed by atoms with Crippen LogP contribution in [0.25, 0.3) is 10.9 Å². The van der Waals surface area contributed by atoms with Crippen molar-refractivity contribution >= 4 is 40.0 Å². The monoisotopic (exact) mass is 464 g/mol. The van der Waals surface area contributed by atoms with Crippen molar-refractivity contribution in [3.63, 3.8) is 0 Å². The van der Waals surface area contributed by atoms with Crippen LogP contribution in [0.2, 0.25) is 5.02 Å². The van der Waals surface area contributed by atoms with Gasteiger partial charge in [-0.1, -0.05) is 11.6 Å².